The summed E-state index contributed by atoms with van der Waals surface area (Å²) >= 11 is 2.17. The predicted molar refractivity (Wildman–Crippen MR) is 150 cm³/mol. The van der Waals surface area contributed by atoms with Gasteiger partial charge in [-0.1, -0.05) is 73.5 Å². The first kappa shape index (κ1) is 26.8. The Labute approximate surface area is 218 Å². The van der Waals surface area contributed by atoms with Crippen molar-refractivity contribution in [1.82, 2.24) is 0 Å². The maximum Gasteiger partial charge on any atom is 0.0607 e. The van der Waals surface area contributed by atoms with Gasteiger partial charge in [-0.25, -0.2) is 0 Å². The van der Waals surface area contributed by atoms with Gasteiger partial charge >= 0.3 is 0 Å². The zero-order valence-corrected chi connectivity index (χ0v) is 22.4. The van der Waals surface area contributed by atoms with E-state index in [2.05, 4.69) is 72.4 Å². The fourth-order valence-electron chi connectivity index (χ4n) is 5.94. The Morgan fingerprint density at radius 3 is 1.49 bits per heavy atom. The second-order valence-corrected chi connectivity index (χ2v) is 11.8. The molecular weight excluding hydrogens is 448 g/mol. The summed E-state index contributed by atoms with van der Waals surface area (Å²) in [7, 11) is 0. The molecule has 2 aromatic carbocycles. The van der Waals surface area contributed by atoms with Gasteiger partial charge in [0, 0.05) is 13.2 Å². The lowest BCUT2D eigenvalue weighted by atomic mass is 9.88. The number of ether oxygens (including phenoxy) is 2. The van der Waals surface area contributed by atoms with Crippen LogP contribution in [-0.4, -0.2) is 36.9 Å². The second kappa shape index (κ2) is 15.7. The topological polar surface area (TPSA) is 18.5 Å². The van der Waals surface area contributed by atoms with Crippen LogP contribution in [0.15, 0.2) is 60.7 Å². The molecule has 0 bridgehead atoms. The number of hydrogen-bond acceptors (Lipinski definition) is 3. The van der Waals surface area contributed by atoms with E-state index in [-0.39, 0.29) is 0 Å². The summed E-state index contributed by atoms with van der Waals surface area (Å²) < 4.78 is 12.2. The van der Waals surface area contributed by atoms with E-state index in [0.717, 1.165) is 13.2 Å². The molecule has 0 saturated carbocycles. The lowest BCUT2D eigenvalue weighted by molar-refractivity contribution is 0.0586. The lowest BCUT2D eigenvalue weighted by Crippen LogP contribution is -2.22. The minimum absolute atomic E-state index is 0.482. The first-order valence-corrected chi connectivity index (χ1v) is 15.4. The van der Waals surface area contributed by atoms with Crippen LogP contribution in [-0.2, 0) is 22.3 Å². The molecule has 2 aliphatic heterocycles. The van der Waals surface area contributed by atoms with E-state index >= 15 is 0 Å². The molecule has 2 aromatic rings. The maximum atomic E-state index is 6.09. The summed E-state index contributed by atoms with van der Waals surface area (Å²) in [5.41, 5.74) is 2.94. The van der Waals surface area contributed by atoms with E-state index < -0.39 is 0 Å². The van der Waals surface area contributed by atoms with E-state index in [9.17, 15) is 0 Å². The van der Waals surface area contributed by atoms with Gasteiger partial charge in [0.15, 0.2) is 0 Å². The van der Waals surface area contributed by atoms with Crippen molar-refractivity contribution in [2.75, 3.05) is 24.7 Å². The molecule has 3 heteroatoms. The average molecular weight is 495 g/mol. The van der Waals surface area contributed by atoms with Crippen molar-refractivity contribution < 1.29 is 9.47 Å². The van der Waals surface area contributed by atoms with Crippen LogP contribution in [0.3, 0.4) is 0 Å². The smallest absolute Gasteiger partial charge is 0.0607 e. The van der Waals surface area contributed by atoms with Gasteiger partial charge < -0.3 is 9.47 Å². The summed E-state index contributed by atoms with van der Waals surface area (Å²) in [5.74, 6) is 3.99. The number of rotatable bonds is 16. The molecule has 0 aromatic heterocycles. The van der Waals surface area contributed by atoms with E-state index in [1.807, 2.05) is 0 Å². The molecule has 192 valence electrons. The Balaban J connectivity index is 1.08. The first-order chi connectivity index (χ1) is 17.4. The number of benzene rings is 2. The van der Waals surface area contributed by atoms with Crippen LogP contribution in [0.5, 0.6) is 0 Å². The van der Waals surface area contributed by atoms with Crippen molar-refractivity contribution in [1.29, 1.82) is 0 Å². The van der Waals surface area contributed by atoms with Gasteiger partial charge in [-0.15, -0.1) is 0 Å². The van der Waals surface area contributed by atoms with Gasteiger partial charge in [-0.2, -0.15) is 11.8 Å². The zero-order chi connectivity index (χ0) is 24.0. The molecule has 0 spiro atoms. The van der Waals surface area contributed by atoms with Crippen molar-refractivity contribution in [2.45, 2.75) is 89.3 Å². The Kier molecular flexibility index (Phi) is 12.0. The van der Waals surface area contributed by atoms with E-state index in [1.54, 1.807) is 0 Å². The number of unbranched alkanes of at least 4 members (excludes halogenated alkanes) is 2. The van der Waals surface area contributed by atoms with Gasteiger partial charge in [0.25, 0.3) is 0 Å². The van der Waals surface area contributed by atoms with Crippen molar-refractivity contribution in [3.8, 4) is 0 Å². The first-order valence-electron chi connectivity index (χ1n) is 14.3. The van der Waals surface area contributed by atoms with Crippen LogP contribution in [0.2, 0.25) is 0 Å². The predicted octanol–water partition coefficient (Wildman–Crippen LogP) is 8.14. The third-order valence-electron chi connectivity index (χ3n) is 7.89. The summed E-state index contributed by atoms with van der Waals surface area (Å²) in [6.07, 6.45) is 16.3. The molecule has 2 nitrogen and oxygen atoms in total. The molecule has 4 atom stereocenters. The molecule has 2 heterocycles. The number of hydrogen-bond donors (Lipinski definition) is 0. The average Bonchev–Trinajstić information content (AvgIpc) is 3.63. The van der Waals surface area contributed by atoms with Gasteiger partial charge in [0.05, 0.1) is 12.2 Å². The molecule has 0 aliphatic carbocycles. The molecule has 2 fully saturated rings. The third-order valence-corrected chi connectivity index (χ3v) is 9.04. The quantitative estimate of drug-likeness (QED) is 0.219. The summed E-state index contributed by atoms with van der Waals surface area (Å²) in [6.45, 7) is 1.93. The zero-order valence-electron chi connectivity index (χ0n) is 21.6. The highest BCUT2D eigenvalue weighted by atomic mass is 32.2. The van der Waals surface area contributed by atoms with Crippen molar-refractivity contribution in [2.24, 2.45) is 11.8 Å². The minimum Gasteiger partial charge on any atom is -0.378 e. The molecule has 4 rings (SSSR count). The highest BCUT2D eigenvalue weighted by Crippen LogP contribution is 2.29. The van der Waals surface area contributed by atoms with Crippen LogP contribution in [0.4, 0.5) is 0 Å². The highest BCUT2D eigenvalue weighted by molar-refractivity contribution is 7.99. The van der Waals surface area contributed by atoms with Crippen molar-refractivity contribution in [3.63, 3.8) is 0 Å². The fourth-order valence-corrected chi connectivity index (χ4v) is 6.97. The Morgan fingerprint density at radius 1 is 0.629 bits per heavy atom. The Bertz CT molecular complexity index is 716. The van der Waals surface area contributed by atoms with Crippen LogP contribution >= 0.6 is 11.8 Å². The van der Waals surface area contributed by atoms with Crippen LogP contribution in [0.25, 0.3) is 0 Å². The Morgan fingerprint density at radius 2 is 1.09 bits per heavy atom. The Hall–Kier alpha value is -1.29. The maximum absolute atomic E-state index is 6.09. The fraction of sp³-hybridized carbons (Fsp3) is 0.625. The van der Waals surface area contributed by atoms with Crippen LogP contribution < -0.4 is 0 Å². The largest absolute Gasteiger partial charge is 0.378 e. The van der Waals surface area contributed by atoms with Gasteiger partial charge in [-0.3, -0.25) is 0 Å². The van der Waals surface area contributed by atoms with Gasteiger partial charge in [0.1, 0.15) is 0 Å². The van der Waals surface area contributed by atoms with Gasteiger partial charge in [0.2, 0.25) is 0 Å². The minimum atomic E-state index is 0.482. The van der Waals surface area contributed by atoms with Crippen molar-refractivity contribution >= 4 is 11.8 Å². The lowest BCUT2D eigenvalue weighted by Gasteiger charge is -2.23. The molecule has 2 aliphatic rings. The van der Waals surface area contributed by atoms with Crippen LogP contribution in [0, 0.1) is 11.8 Å². The molecule has 0 N–H and O–H groups in total. The SMILES string of the molecule is c1ccc(CC(CCCCSCCCCC(Cc2ccccc2)C2CCCO2)C2CCCO2)cc1. The molecule has 0 radical (unpaired) electrons. The second-order valence-electron chi connectivity index (χ2n) is 10.6. The monoisotopic (exact) mass is 494 g/mol. The van der Waals surface area contributed by atoms with Gasteiger partial charge in [-0.05, 0) is 98.7 Å². The molecule has 4 unspecified atom stereocenters. The molecular formula is C32H46O2S. The molecule has 0 amide bonds. The van der Waals surface area contributed by atoms with E-state index in [4.69, 9.17) is 9.47 Å². The van der Waals surface area contributed by atoms with Crippen molar-refractivity contribution in [3.05, 3.63) is 71.8 Å². The van der Waals surface area contributed by atoms with E-state index in [1.165, 1.54) is 99.7 Å². The molecule has 35 heavy (non-hydrogen) atoms. The number of thioether (sulfide) groups is 1. The normalized spacial score (nSPS) is 21.8. The summed E-state index contributed by atoms with van der Waals surface area (Å²) in [5, 5.41) is 0. The third kappa shape index (κ3) is 9.59. The summed E-state index contributed by atoms with van der Waals surface area (Å²) in [6, 6.07) is 22.0. The van der Waals surface area contributed by atoms with Crippen LogP contribution in [0.1, 0.15) is 75.3 Å². The molecule has 2 saturated heterocycles. The summed E-state index contributed by atoms with van der Waals surface area (Å²) in [4.78, 5) is 0. The van der Waals surface area contributed by atoms with E-state index in [0.29, 0.717) is 24.0 Å². The highest BCUT2D eigenvalue weighted by Gasteiger charge is 2.26. The standard InChI is InChI=1S/C32H46O2S/c1-3-13-27(14-4-1)25-29(31-19-11-21-33-31)17-7-9-23-35-24-10-8-18-30(32-20-12-22-34-32)26-28-15-5-2-6-16-28/h1-6,13-16,29-32H,7-12,17-26H2.